The SMILES string of the molecule is COc1ncc(C(F)F)c(C#N)c1F. The average Bonchev–Trinajstić information content (AvgIpc) is 2.17. The van der Waals surface area contributed by atoms with Crippen LogP contribution in [-0.4, -0.2) is 12.1 Å². The van der Waals surface area contributed by atoms with Gasteiger partial charge in [-0.1, -0.05) is 0 Å². The predicted octanol–water partition coefficient (Wildman–Crippen LogP) is 2.04. The molecule has 0 aromatic carbocycles. The van der Waals surface area contributed by atoms with Gasteiger partial charge in [0.25, 0.3) is 12.3 Å². The minimum atomic E-state index is -2.93. The van der Waals surface area contributed by atoms with E-state index >= 15 is 0 Å². The molecule has 0 atom stereocenters. The second-order valence-corrected chi connectivity index (χ2v) is 2.32. The molecule has 0 unspecified atom stereocenters. The van der Waals surface area contributed by atoms with Crippen molar-refractivity contribution in [1.82, 2.24) is 4.98 Å². The summed E-state index contributed by atoms with van der Waals surface area (Å²) >= 11 is 0. The number of ether oxygens (including phenoxy) is 1. The number of nitrogens with zero attached hydrogens (tertiary/aromatic N) is 2. The standard InChI is InChI=1S/C8H5F3N2O/c1-14-8-6(9)4(2-12)5(3-13-8)7(10)11/h3,7H,1H3. The van der Waals surface area contributed by atoms with E-state index in [4.69, 9.17) is 5.26 Å². The van der Waals surface area contributed by atoms with Crippen LogP contribution in [0.4, 0.5) is 13.2 Å². The molecule has 1 aromatic heterocycles. The van der Waals surface area contributed by atoms with Gasteiger partial charge in [-0.2, -0.15) is 9.65 Å². The summed E-state index contributed by atoms with van der Waals surface area (Å²) in [4.78, 5) is 3.30. The molecule has 3 nitrogen and oxygen atoms in total. The van der Waals surface area contributed by atoms with Crippen LogP contribution in [0.5, 0.6) is 5.88 Å². The third-order valence-corrected chi connectivity index (χ3v) is 1.56. The highest BCUT2D eigenvalue weighted by Crippen LogP contribution is 2.27. The Balaban J connectivity index is 3.38. The third kappa shape index (κ3) is 1.62. The molecule has 0 amide bonds. The topological polar surface area (TPSA) is 45.9 Å². The molecule has 14 heavy (non-hydrogen) atoms. The van der Waals surface area contributed by atoms with Crippen LogP contribution in [0.1, 0.15) is 17.6 Å². The summed E-state index contributed by atoms with van der Waals surface area (Å²) in [6.45, 7) is 0. The first-order valence-corrected chi connectivity index (χ1v) is 3.52. The van der Waals surface area contributed by atoms with Gasteiger partial charge in [0, 0.05) is 6.20 Å². The van der Waals surface area contributed by atoms with Crippen LogP contribution in [-0.2, 0) is 0 Å². The van der Waals surface area contributed by atoms with E-state index in [2.05, 4.69) is 9.72 Å². The number of halogens is 3. The number of alkyl halides is 2. The second-order valence-electron chi connectivity index (χ2n) is 2.32. The van der Waals surface area contributed by atoms with E-state index in [0.29, 0.717) is 0 Å². The van der Waals surface area contributed by atoms with Crippen molar-refractivity contribution < 1.29 is 17.9 Å². The Morgan fingerprint density at radius 3 is 2.64 bits per heavy atom. The van der Waals surface area contributed by atoms with Crippen molar-refractivity contribution >= 4 is 0 Å². The van der Waals surface area contributed by atoms with Crippen LogP contribution < -0.4 is 4.74 Å². The lowest BCUT2D eigenvalue weighted by molar-refractivity contribution is 0.149. The highest BCUT2D eigenvalue weighted by Gasteiger charge is 2.20. The molecule has 0 aliphatic heterocycles. The molecule has 0 N–H and O–H groups in total. The molecule has 0 fully saturated rings. The molecule has 1 rings (SSSR count). The molecule has 0 radical (unpaired) electrons. The summed E-state index contributed by atoms with van der Waals surface area (Å²) in [6.07, 6.45) is -2.21. The minimum Gasteiger partial charge on any atom is -0.479 e. The van der Waals surface area contributed by atoms with Crippen molar-refractivity contribution in [3.63, 3.8) is 0 Å². The summed E-state index contributed by atoms with van der Waals surface area (Å²) in [5, 5.41) is 8.46. The quantitative estimate of drug-likeness (QED) is 0.737. The van der Waals surface area contributed by atoms with Crippen LogP contribution in [0.25, 0.3) is 0 Å². The fourth-order valence-corrected chi connectivity index (χ4v) is 0.904. The van der Waals surface area contributed by atoms with Gasteiger partial charge in [0.15, 0.2) is 0 Å². The number of rotatable bonds is 2. The lowest BCUT2D eigenvalue weighted by atomic mass is 10.1. The lowest BCUT2D eigenvalue weighted by Gasteiger charge is -2.05. The number of pyridine rings is 1. The van der Waals surface area contributed by atoms with Gasteiger partial charge < -0.3 is 4.74 Å². The Labute approximate surface area is 77.7 Å². The van der Waals surface area contributed by atoms with Crippen molar-refractivity contribution in [1.29, 1.82) is 5.26 Å². The van der Waals surface area contributed by atoms with E-state index in [1.807, 2.05) is 0 Å². The summed E-state index contributed by atoms with van der Waals surface area (Å²) in [6, 6.07) is 1.34. The number of nitriles is 1. The maximum absolute atomic E-state index is 13.2. The molecule has 6 heteroatoms. The average molecular weight is 202 g/mol. The fourth-order valence-electron chi connectivity index (χ4n) is 0.904. The van der Waals surface area contributed by atoms with Crippen LogP contribution >= 0.6 is 0 Å². The van der Waals surface area contributed by atoms with Gasteiger partial charge in [-0.3, -0.25) is 0 Å². The Hall–Kier alpha value is -1.77. The number of aromatic nitrogens is 1. The first kappa shape index (κ1) is 10.3. The number of hydrogen-bond acceptors (Lipinski definition) is 3. The van der Waals surface area contributed by atoms with Gasteiger partial charge in [-0.05, 0) is 0 Å². The summed E-state index contributed by atoms with van der Waals surface area (Å²) in [7, 11) is 1.13. The third-order valence-electron chi connectivity index (χ3n) is 1.56. The van der Waals surface area contributed by atoms with Crippen LogP contribution in [0.2, 0.25) is 0 Å². The van der Waals surface area contributed by atoms with Crippen molar-refractivity contribution in [2.75, 3.05) is 7.11 Å². The number of methoxy groups -OCH3 is 1. The molecule has 0 aliphatic carbocycles. The van der Waals surface area contributed by atoms with Crippen molar-refractivity contribution in [2.24, 2.45) is 0 Å². The number of hydrogen-bond donors (Lipinski definition) is 0. The maximum Gasteiger partial charge on any atom is 0.266 e. The Bertz CT molecular complexity index is 387. The van der Waals surface area contributed by atoms with Gasteiger partial charge >= 0.3 is 0 Å². The van der Waals surface area contributed by atoms with Crippen molar-refractivity contribution in [3.8, 4) is 11.9 Å². The Morgan fingerprint density at radius 1 is 1.57 bits per heavy atom. The first-order valence-electron chi connectivity index (χ1n) is 3.52. The van der Waals surface area contributed by atoms with Gasteiger partial charge in [-0.25, -0.2) is 13.8 Å². The monoisotopic (exact) mass is 202 g/mol. The highest BCUT2D eigenvalue weighted by molar-refractivity contribution is 5.41. The molecule has 0 saturated carbocycles. The zero-order valence-corrected chi connectivity index (χ0v) is 7.09. The fraction of sp³-hybridized carbons (Fsp3) is 0.250. The van der Waals surface area contributed by atoms with Crippen molar-refractivity contribution in [3.05, 3.63) is 23.1 Å². The van der Waals surface area contributed by atoms with Crippen LogP contribution in [0.15, 0.2) is 6.20 Å². The smallest absolute Gasteiger partial charge is 0.266 e. The van der Waals surface area contributed by atoms with Gasteiger partial charge in [0.05, 0.1) is 12.7 Å². The van der Waals surface area contributed by atoms with E-state index in [9.17, 15) is 13.2 Å². The van der Waals surface area contributed by atoms with Gasteiger partial charge in [0.2, 0.25) is 5.82 Å². The molecule has 0 spiro atoms. The van der Waals surface area contributed by atoms with E-state index in [1.165, 1.54) is 6.07 Å². The zero-order valence-electron chi connectivity index (χ0n) is 7.09. The normalized spacial score (nSPS) is 10.0. The Kier molecular flexibility index (Phi) is 2.92. The summed E-state index contributed by atoms with van der Waals surface area (Å²) in [5.41, 5.74) is -1.46. The van der Waals surface area contributed by atoms with E-state index in [0.717, 1.165) is 13.3 Å². The van der Waals surface area contributed by atoms with Crippen molar-refractivity contribution in [2.45, 2.75) is 6.43 Å². The molecule has 1 aromatic rings. The predicted molar refractivity (Wildman–Crippen MR) is 40.4 cm³/mol. The maximum atomic E-state index is 13.2. The minimum absolute atomic E-state index is 0.467. The summed E-state index contributed by atoms with van der Waals surface area (Å²) in [5.74, 6) is -1.63. The second kappa shape index (κ2) is 3.96. The van der Waals surface area contributed by atoms with E-state index < -0.39 is 29.2 Å². The zero-order chi connectivity index (χ0) is 10.7. The van der Waals surface area contributed by atoms with Gasteiger partial charge in [-0.15, -0.1) is 0 Å². The molecule has 1 heterocycles. The highest BCUT2D eigenvalue weighted by atomic mass is 19.3. The first-order chi connectivity index (χ1) is 6.61. The molecule has 74 valence electrons. The van der Waals surface area contributed by atoms with E-state index in [-0.39, 0.29) is 0 Å². The molecule has 0 bridgehead atoms. The van der Waals surface area contributed by atoms with Gasteiger partial charge in [0.1, 0.15) is 11.6 Å². The molecular formula is C8H5F3N2O. The Morgan fingerprint density at radius 2 is 2.21 bits per heavy atom. The van der Waals surface area contributed by atoms with E-state index in [1.54, 1.807) is 0 Å². The molecular weight excluding hydrogens is 197 g/mol. The molecule has 0 aliphatic rings. The van der Waals surface area contributed by atoms with Crippen LogP contribution in [0.3, 0.4) is 0 Å². The lowest BCUT2D eigenvalue weighted by Crippen LogP contribution is -2.00. The molecule has 0 saturated heterocycles. The summed E-state index contributed by atoms with van der Waals surface area (Å²) < 4.78 is 42.1. The van der Waals surface area contributed by atoms with Crippen LogP contribution in [0, 0.1) is 17.1 Å². The largest absolute Gasteiger partial charge is 0.479 e.